The number of amides is 6. The van der Waals surface area contributed by atoms with Gasteiger partial charge in [-0.3, -0.25) is 58.0 Å². The molecular formula is C44H72N10O13S. The summed E-state index contributed by atoms with van der Waals surface area (Å²) in [6, 6.07) is 4.04. The largest absolute Gasteiger partial charge is 0.481 e. The lowest BCUT2D eigenvalue weighted by molar-refractivity contribution is -0.145. The number of nitrogens with zero attached hydrogens (tertiary/aromatic N) is 4. The summed E-state index contributed by atoms with van der Waals surface area (Å²) in [4.78, 5) is 118. The number of benzene rings is 1. The van der Waals surface area contributed by atoms with Crippen molar-refractivity contribution < 1.29 is 63.6 Å². The Hall–Kier alpha value is -5.56. The van der Waals surface area contributed by atoms with Gasteiger partial charge in [-0.25, -0.2) is 4.79 Å². The second kappa shape index (κ2) is 31.5. The first kappa shape index (κ1) is 58.6. The van der Waals surface area contributed by atoms with Gasteiger partial charge in [0.05, 0.1) is 32.1 Å². The maximum atomic E-state index is 13.6. The van der Waals surface area contributed by atoms with E-state index in [4.69, 9.17) is 0 Å². The molecule has 0 aromatic heterocycles. The van der Waals surface area contributed by atoms with Crippen molar-refractivity contribution in [3.8, 4) is 0 Å². The minimum absolute atomic E-state index is 0.0420. The van der Waals surface area contributed by atoms with E-state index in [0.717, 1.165) is 0 Å². The highest BCUT2D eigenvalue weighted by atomic mass is 32.2. The van der Waals surface area contributed by atoms with Crippen LogP contribution in [0.25, 0.3) is 0 Å². The Morgan fingerprint density at radius 3 is 1.56 bits per heavy atom. The monoisotopic (exact) mass is 981 g/mol. The van der Waals surface area contributed by atoms with Crippen LogP contribution in [0.3, 0.4) is 0 Å². The molecule has 68 heavy (non-hydrogen) atoms. The SMILES string of the molecule is CC[C@H](C)[C@H](NC(=O)[C@H](CCSC)NC(=O)Nc1ccc(CNC(=O)CN2CCN(CC(=O)O)CCN(CC(=O)O)CCN(CC(=O)O)CC2)cc1)C(=O)NCCNC(=O)CC(C(=O)O)C(C)C. The normalized spacial score (nSPS) is 16.4. The molecule has 1 aromatic carbocycles. The van der Waals surface area contributed by atoms with Crippen molar-refractivity contribution in [2.75, 3.05) is 109 Å². The maximum absolute atomic E-state index is 13.6. The molecule has 1 fully saturated rings. The molecule has 1 saturated heterocycles. The molecule has 1 heterocycles. The highest BCUT2D eigenvalue weighted by molar-refractivity contribution is 7.98. The van der Waals surface area contributed by atoms with Crippen molar-refractivity contribution in [2.24, 2.45) is 17.8 Å². The van der Waals surface area contributed by atoms with Crippen LogP contribution in [0.15, 0.2) is 24.3 Å². The lowest BCUT2D eigenvalue weighted by atomic mass is 9.92. The average Bonchev–Trinajstić information content (AvgIpc) is 3.26. The van der Waals surface area contributed by atoms with Gasteiger partial charge in [-0.15, -0.1) is 0 Å². The molecule has 0 spiro atoms. The van der Waals surface area contributed by atoms with Crippen LogP contribution >= 0.6 is 11.8 Å². The molecule has 6 amide bonds. The van der Waals surface area contributed by atoms with Crippen LogP contribution in [0.5, 0.6) is 0 Å². The zero-order chi connectivity index (χ0) is 50.8. The summed E-state index contributed by atoms with van der Waals surface area (Å²) >= 11 is 1.47. The number of rotatable bonds is 27. The van der Waals surface area contributed by atoms with E-state index in [9.17, 15) is 63.6 Å². The number of carbonyl (C=O) groups is 9. The van der Waals surface area contributed by atoms with E-state index in [2.05, 4.69) is 31.9 Å². The predicted octanol–water partition coefficient (Wildman–Crippen LogP) is -0.468. The second-order valence-electron chi connectivity index (χ2n) is 17.1. The number of carbonyl (C=O) groups excluding carboxylic acids is 5. The molecule has 4 atom stereocenters. The summed E-state index contributed by atoms with van der Waals surface area (Å²) in [5.74, 6) is -6.88. The summed E-state index contributed by atoms with van der Waals surface area (Å²) < 4.78 is 0. The van der Waals surface area contributed by atoms with Gasteiger partial charge in [-0.1, -0.05) is 46.2 Å². The van der Waals surface area contributed by atoms with Crippen LogP contribution in [0.4, 0.5) is 10.5 Å². The molecule has 1 aliphatic rings. The first-order chi connectivity index (χ1) is 32.2. The van der Waals surface area contributed by atoms with Crippen LogP contribution in [0.2, 0.25) is 0 Å². The molecule has 10 N–H and O–H groups in total. The van der Waals surface area contributed by atoms with Crippen molar-refractivity contribution >= 4 is 71.0 Å². The number of hydrogen-bond donors (Lipinski definition) is 10. The zero-order valence-electron chi connectivity index (χ0n) is 39.8. The van der Waals surface area contributed by atoms with Crippen LogP contribution in [-0.2, 0) is 44.9 Å². The first-order valence-electron chi connectivity index (χ1n) is 22.8. The first-order valence-corrected chi connectivity index (χ1v) is 24.1. The van der Waals surface area contributed by atoms with Crippen LogP contribution in [0, 0.1) is 17.8 Å². The van der Waals surface area contributed by atoms with E-state index >= 15 is 0 Å². The van der Waals surface area contributed by atoms with Crippen LogP contribution in [-0.4, -0.2) is 209 Å². The average molecular weight is 981 g/mol. The fourth-order valence-corrected chi connectivity index (χ4v) is 7.59. The van der Waals surface area contributed by atoms with Gasteiger partial charge in [-0.05, 0) is 48.0 Å². The van der Waals surface area contributed by atoms with Crippen LogP contribution < -0.4 is 31.9 Å². The van der Waals surface area contributed by atoms with E-state index in [1.54, 1.807) is 59.7 Å². The van der Waals surface area contributed by atoms with Gasteiger partial charge in [0.2, 0.25) is 23.6 Å². The number of carboxylic acid groups (broad SMARTS) is 4. The Kier molecular flexibility index (Phi) is 27.1. The number of anilines is 1. The third kappa shape index (κ3) is 23.9. The van der Waals surface area contributed by atoms with Gasteiger partial charge in [-0.2, -0.15) is 11.8 Å². The number of nitrogens with one attached hydrogen (secondary N) is 6. The Morgan fingerprint density at radius 2 is 1.12 bits per heavy atom. The van der Waals surface area contributed by atoms with Crippen molar-refractivity contribution in [3.63, 3.8) is 0 Å². The topological polar surface area (TPSA) is 320 Å². The number of carboxylic acids is 4. The smallest absolute Gasteiger partial charge is 0.319 e. The van der Waals surface area contributed by atoms with Gasteiger partial charge in [0.15, 0.2) is 0 Å². The fraction of sp³-hybridized carbons (Fsp3) is 0.659. The van der Waals surface area contributed by atoms with E-state index in [-0.39, 0.29) is 129 Å². The lowest BCUT2D eigenvalue weighted by Crippen LogP contribution is -2.56. The van der Waals surface area contributed by atoms with Gasteiger partial charge >= 0.3 is 29.9 Å². The minimum atomic E-state index is -1.06. The molecule has 23 nitrogen and oxygen atoms in total. The summed E-state index contributed by atoms with van der Waals surface area (Å²) in [6.07, 6.45) is 2.47. The van der Waals surface area contributed by atoms with E-state index in [1.165, 1.54) is 11.8 Å². The predicted molar refractivity (Wildman–Crippen MR) is 254 cm³/mol. The molecule has 1 aliphatic heterocycles. The van der Waals surface area contributed by atoms with Gasteiger partial charge in [0.25, 0.3) is 0 Å². The minimum Gasteiger partial charge on any atom is -0.481 e. The Bertz CT molecular complexity index is 1790. The second-order valence-corrected chi connectivity index (χ2v) is 18.1. The lowest BCUT2D eigenvalue weighted by Gasteiger charge is -2.32. The molecule has 0 aliphatic carbocycles. The van der Waals surface area contributed by atoms with Crippen molar-refractivity contribution in [3.05, 3.63) is 29.8 Å². The van der Waals surface area contributed by atoms with Crippen molar-refractivity contribution in [1.82, 2.24) is 46.2 Å². The molecule has 24 heteroatoms. The number of thioether (sulfide) groups is 1. The number of hydrogen-bond acceptors (Lipinski definition) is 14. The molecule has 0 radical (unpaired) electrons. The Labute approximate surface area is 401 Å². The Balaban J connectivity index is 2.00. The van der Waals surface area contributed by atoms with E-state index < -0.39 is 65.6 Å². The Morgan fingerprint density at radius 1 is 0.632 bits per heavy atom. The van der Waals surface area contributed by atoms with Gasteiger partial charge in [0, 0.05) is 84.1 Å². The molecule has 1 aromatic rings. The third-order valence-corrected chi connectivity index (χ3v) is 12.0. The molecule has 382 valence electrons. The molecule has 1 unspecified atom stereocenters. The van der Waals surface area contributed by atoms with Crippen LogP contribution in [0.1, 0.15) is 52.5 Å². The molecule has 0 saturated carbocycles. The van der Waals surface area contributed by atoms with Gasteiger partial charge < -0.3 is 52.3 Å². The summed E-state index contributed by atoms with van der Waals surface area (Å²) in [7, 11) is 0. The summed E-state index contributed by atoms with van der Waals surface area (Å²) in [5, 5.41) is 54.1. The molecular weight excluding hydrogens is 909 g/mol. The summed E-state index contributed by atoms with van der Waals surface area (Å²) in [5.41, 5.74) is 1.10. The van der Waals surface area contributed by atoms with E-state index in [1.807, 2.05) is 18.1 Å². The quantitative estimate of drug-likeness (QED) is 0.0499. The third-order valence-electron chi connectivity index (χ3n) is 11.4. The summed E-state index contributed by atoms with van der Waals surface area (Å²) in [6.45, 7) is 8.57. The maximum Gasteiger partial charge on any atom is 0.319 e. The van der Waals surface area contributed by atoms with Gasteiger partial charge in [0.1, 0.15) is 12.1 Å². The highest BCUT2D eigenvalue weighted by Gasteiger charge is 2.30. The zero-order valence-corrected chi connectivity index (χ0v) is 40.6. The standard InChI is InChI=1S/C44H72N10O13S/c1-6-30(4)40(42(64)46-13-12-45-35(55)23-33(29(2)3)43(65)66)50-41(63)34(11-22-68-5)49-44(67)48-32-9-7-31(8-10-32)24-47-36(56)25-51-14-16-52(26-37(57)58)18-20-54(28-39(61)62)21-19-53(17-15-51)27-38(59)60/h7-10,29-30,33-34,40H,6,11-28H2,1-5H3,(H,45,55)(H,46,64)(H,47,56)(H,50,63)(H,57,58)(H,59,60)(H,61,62)(H,65,66)(H2,48,49,67)/t30-,33?,34-,40-/m0/s1. The molecule has 2 rings (SSSR count). The van der Waals surface area contributed by atoms with Crippen molar-refractivity contribution in [2.45, 2.75) is 65.6 Å². The molecule has 0 bridgehead atoms. The number of urea groups is 1. The number of aliphatic carboxylic acids is 4. The van der Waals surface area contributed by atoms with Crippen molar-refractivity contribution in [1.29, 1.82) is 0 Å². The van der Waals surface area contributed by atoms with E-state index in [0.29, 0.717) is 23.4 Å². The highest BCUT2D eigenvalue weighted by Crippen LogP contribution is 2.16. The fourth-order valence-electron chi connectivity index (χ4n) is 7.11.